The maximum atomic E-state index is 12.8. The predicted octanol–water partition coefficient (Wildman–Crippen LogP) is 1.88. The molecule has 9 heteroatoms. The zero-order valence-corrected chi connectivity index (χ0v) is 17.3. The Morgan fingerprint density at radius 2 is 1.77 bits per heavy atom. The van der Waals surface area contributed by atoms with Crippen molar-refractivity contribution in [2.75, 3.05) is 6.26 Å². The molecule has 0 aliphatic rings. The summed E-state index contributed by atoms with van der Waals surface area (Å²) in [7, 11) is -4.23. The van der Waals surface area contributed by atoms with Crippen molar-refractivity contribution >= 4 is 32.6 Å². The molecular weight excluding hydrogens is 408 g/mol. The van der Waals surface area contributed by atoms with Gasteiger partial charge in [0.05, 0.1) is 6.04 Å². The average molecular weight is 430 g/mol. The van der Waals surface area contributed by atoms with Gasteiger partial charge in [0.25, 0.3) is 11.8 Å². The first-order chi connectivity index (χ1) is 14.2. The van der Waals surface area contributed by atoms with E-state index in [1.807, 2.05) is 0 Å². The fourth-order valence-corrected chi connectivity index (χ4v) is 3.83. The fourth-order valence-electron chi connectivity index (χ4n) is 3.00. The minimum atomic E-state index is -4.23. The van der Waals surface area contributed by atoms with Gasteiger partial charge in [-0.05, 0) is 24.1 Å². The van der Waals surface area contributed by atoms with Crippen LogP contribution in [0.5, 0.6) is 0 Å². The number of hydrogen-bond donors (Lipinski definition) is 2. The van der Waals surface area contributed by atoms with Gasteiger partial charge in [0, 0.05) is 12.7 Å². The lowest BCUT2D eigenvalue weighted by Crippen LogP contribution is -2.57. The van der Waals surface area contributed by atoms with Crippen LogP contribution >= 0.6 is 0 Å². The van der Waals surface area contributed by atoms with Gasteiger partial charge in [0.1, 0.15) is 5.52 Å². The lowest BCUT2D eigenvalue weighted by atomic mass is 10.1. The maximum absolute atomic E-state index is 12.8. The molecule has 2 aromatic carbocycles. The largest absolute Gasteiger partial charge is 0.434 e. The second kappa shape index (κ2) is 8.37. The van der Waals surface area contributed by atoms with Gasteiger partial charge in [-0.3, -0.25) is 9.59 Å². The Labute approximate surface area is 173 Å². The van der Waals surface area contributed by atoms with E-state index >= 15 is 0 Å². The second-order valence-corrected chi connectivity index (χ2v) is 9.22. The predicted molar refractivity (Wildman–Crippen MR) is 111 cm³/mol. The third-order valence-electron chi connectivity index (χ3n) is 4.79. The molecule has 3 aromatic rings. The summed E-state index contributed by atoms with van der Waals surface area (Å²) in [5, 5.41) is 13.2. The normalized spacial score (nSPS) is 14.8. The summed E-state index contributed by atoms with van der Waals surface area (Å²) >= 11 is 0. The smallest absolute Gasteiger partial charge is 0.268 e. The number of nitrogens with one attached hydrogen (secondary N) is 1. The number of carbonyl (C=O) groups excluding carboxylic acids is 2. The van der Waals surface area contributed by atoms with E-state index in [-0.39, 0.29) is 12.3 Å². The number of sulfone groups is 1. The number of benzene rings is 2. The molecule has 1 amide bonds. The first-order valence-corrected chi connectivity index (χ1v) is 11.2. The van der Waals surface area contributed by atoms with Gasteiger partial charge in [-0.2, -0.15) is 0 Å². The second-order valence-electron chi connectivity index (χ2n) is 7.00. The molecule has 0 fully saturated rings. The molecule has 1 heterocycles. The van der Waals surface area contributed by atoms with E-state index in [9.17, 15) is 23.1 Å². The molecule has 3 rings (SSSR count). The molecule has 0 saturated carbocycles. The standard InChI is InChI=1S/C21H22N2O6S/c1-3-15(18(24)19-22-16-11-7-8-12-17(16)29-19)23-20(25)21(26,30(2,27)28)13-14-9-5-4-6-10-14/h4-12,15,26H,3,13H2,1-2H3,(H,23,25)/t15-,21?/m0/s1. The van der Waals surface area contributed by atoms with E-state index in [0.29, 0.717) is 16.7 Å². The van der Waals surface area contributed by atoms with Crippen molar-refractivity contribution in [3.05, 3.63) is 66.1 Å². The van der Waals surface area contributed by atoms with Crippen LogP contribution in [-0.4, -0.2) is 47.4 Å². The average Bonchev–Trinajstić information content (AvgIpc) is 3.15. The number of nitrogens with zero attached hydrogens (tertiary/aromatic N) is 1. The molecule has 8 nitrogen and oxygen atoms in total. The summed E-state index contributed by atoms with van der Waals surface area (Å²) in [6.07, 6.45) is 0.472. The van der Waals surface area contributed by atoms with Gasteiger partial charge in [0.2, 0.25) is 10.7 Å². The Morgan fingerprint density at radius 3 is 2.37 bits per heavy atom. The third kappa shape index (κ3) is 4.27. The maximum Gasteiger partial charge on any atom is 0.268 e. The van der Waals surface area contributed by atoms with Crippen LogP contribution in [-0.2, 0) is 21.1 Å². The molecule has 2 atom stereocenters. The van der Waals surface area contributed by atoms with E-state index < -0.39 is 38.9 Å². The van der Waals surface area contributed by atoms with Gasteiger partial charge >= 0.3 is 0 Å². The fraction of sp³-hybridized carbons (Fsp3) is 0.286. The number of aliphatic hydroxyl groups is 1. The van der Waals surface area contributed by atoms with Gasteiger partial charge in [-0.1, -0.05) is 49.4 Å². The molecule has 0 saturated heterocycles. The van der Waals surface area contributed by atoms with E-state index in [2.05, 4.69) is 10.3 Å². The summed E-state index contributed by atoms with van der Waals surface area (Å²) in [5.41, 5.74) is 1.36. The number of aromatic nitrogens is 1. The minimum absolute atomic E-state index is 0.147. The van der Waals surface area contributed by atoms with Crippen LogP contribution < -0.4 is 5.32 Å². The Bertz CT molecular complexity index is 1140. The van der Waals surface area contributed by atoms with Crippen LogP contribution in [0.1, 0.15) is 29.6 Å². The van der Waals surface area contributed by atoms with E-state index in [0.717, 1.165) is 6.26 Å². The first-order valence-electron chi connectivity index (χ1n) is 9.32. The topological polar surface area (TPSA) is 127 Å². The summed E-state index contributed by atoms with van der Waals surface area (Å²) < 4.78 is 30.0. The van der Waals surface area contributed by atoms with Crippen LogP contribution in [0.15, 0.2) is 59.0 Å². The molecule has 0 radical (unpaired) electrons. The molecule has 30 heavy (non-hydrogen) atoms. The number of fused-ring (bicyclic) bond motifs is 1. The number of carbonyl (C=O) groups is 2. The molecule has 0 spiro atoms. The number of hydrogen-bond acceptors (Lipinski definition) is 7. The Kier molecular flexibility index (Phi) is 6.04. The monoisotopic (exact) mass is 430 g/mol. The third-order valence-corrected chi connectivity index (χ3v) is 6.35. The molecular formula is C21H22N2O6S. The van der Waals surface area contributed by atoms with E-state index in [1.54, 1.807) is 61.5 Å². The Morgan fingerprint density at radius 1 is 1.13 bits per heavy atom. The highest BCUT2D eigenvalue weighted by Gasteiger charge is 2.47. The van der Waals surface area contributed by atoms with Crippen LogP contribution in [0.3, 0.4) is 0 Å². The van der Waals surface area contributed by atoms with Crippen LogP contribution in [0, 0.1) is 0 Å². The van der Waals surface area contributed by atoms with Gasteiger partial charge in [-0.15, -0.1) is 0 Å². The quantitative estimate of drug-likeness (QED) is 0.523. The van der Waals surface area contributed by atoms with Crippen LogP contribution in [0.4, 0.5) is 0 Å². The van der Waals surface area contributed by atoms with Crippen molar-refractivity contribution in [1.29, 1.82) is 0 Å². The molecule has 1 unspecified atom stereocenters. The highest BCUT2D eigenvalue weighted by atomic mass is 32.2. The minimum Gasteiger partial charge on any atom is -0.434 e. The molecule has 0 aliphatic heterocycles. The van der Waals surface area contributed by atoms with Crippen LogP contribution in [0.25, 0.3) is 11.1 Å². The van der Waals surface area contributed by atoms with Crippen molar-refractivity contribution in [2.45, 2.75) is 30.7 Å². The summed E-state index contributed by atoms with van der Waals surface area (Å²) in [6, 6.07) is 14.0. The Hall–Kier alpha value is -3.04. The summed E-state index contributed by atoms with van der Waals surface area (Å²) in [6.45, 7) is 1.64. The zero-order chi connectivity index (χ0) is 21.9. The van der Waals surface area contributed by atoms with Crippen LogP contribution in [0.2, 0.25) is 0 Å². The zero-order valence-electron chi connectivity index (χ0n) is 16.5. The number of ketones is 1. The van der Waals surface area contributed by atoms with Crippen molar-refractivity contribution in [3.8, 4) is 0 Å². The first kappa shape index (κ1) is 21.7. The summed E-state index contributed by atoms with van der Waals surface area (Å²) in [4.78, 5) is 27.1. The van der Waals surface area contributed by atoms with Crippen molar-refractivity contribution < 1.29 is 27.5 Å². The van der Waals surface area contributed by atoms with Crippen molar-refractivity contribution in [2.24, 2.45) is 0 Å². The Balaban J connectivity index is 1.86. The van der Waals surface area contributed by atoms with E-state index in [4.69, 9.17) is 4.42 Å². The lowest BCUT2D eigenvalue weighted by Gasteiger charge is -2.27. The van der Waals surface area contributed by atoms with Gasteiger partial charge < -0.3 is 14.8 Å². The SMILES string of the molecule is CC[C@H](NC(=O)C(O)(Cc1ccccc1)S(C)(=O)=O)C(=O)c1nc2ccccc2o1. The number of oxazole rings is 1. The number of Topliss-reactive ketones (excluding diaryl/α,β-unsaturated/α-hetero) is 1. The molecule has 0 bridgehead atoms. The molecule has 2 N–H and O–H groups in total. The van der Waals surface area contributed by atoms with E-state index in [1.165, 1.54) is 0 Å². The number of para-hydroxylation sites is 2. The summed E-state index contributed by atoms with van der Waals surface area (Å²) in [5.74, 6) is -1.99. The molecule has 158 valence electrons. The van der Waals surface area contributed by atoms with Gasteiger partial charge in [-0.25, -0.2) is 13.4 Å². The molecule has 0 aliphatic carbocycles. The van der Waals surface area contributed by atoms with Gasteiger partial charge in [0.15, 0.2) is 15.4 Å². The number of rotatable bonds is 8. The van der Waals surface area contributed by atoms with Crippen molar-refractivity contribution in [3.63, 3.8) is 0 Å². The highest BCUT2D eigenvalue weighted by Crippen LogP contribution is 2.22. The molecule has 1 aromatic heterocycles. The van der Waals surface area contributed by atoms with Crippen molar-refractivity contribution in [1.82, 2.24) is 10.3 Å². The highest BCUT2D eigenvalue weighted by molar-refractivity contribution is 7.92. The number of amides is 1. The lowest BCUT2D eigenvalue weighted by molar-refractivity contribution is -0.132.